The van der Waals surface area contributed by atoms with Gasteiger partial charge < -0.3 is 15.1 Å². The van der Waals surface area contributed by atoms with E-state index in [0.29, 0.717) is 0 Å². The lowest BCUT2D eigenvalue weighted by atomic mass is 9.89. The molecule has 0 atom stereocenters. The van der Waals surface area contributed by atoms with E-state index in [4.69, 9.17) is 0 Å². The molecule has 0 unspecified atom stereocenters. The van der Waals surface area contributed by atoms with Crippen molar-refractivity contribution in [3.8, 4) is 0 Å². The van der Waals surface area contributed by atoms with Gasteiger partial charge in [0, 0.05) is 58.7 Å². The van der Waals surface area contributed by atoms with E-state index in [1.807, 2.05) is 4.90 Å². The van der Waals surface area contributed by atoms with Gasteiger partial charge in [-0.1, -0.05) is 19.3 Å². The zero-order chi connectivity index (χ0) is 19.1. The molecular formula is C21H38N4O2. The molecule has 6 heteroatoms. The largest absolute Gasteiger partial charge is 0.355 e. The summed E-state index contributed by atoms with van der Waals surface area (Å²) in [7, 11) is 0. The van der Waals surface area contributed by atoms with Gasteiger partial charge in [0.1, 0.15) is 0 Å². The molecule has 2 aliphatic heterocycles. The number of nitrogens with one attached hydrogen (secondary N) is 1. The molecule has 0 aromatic heterocycles. The van der Waals surface area contributed by atoms with Gasteiger partial charge >= 0.3 is 0 Å². The van der Waals surface area contributed by atoms with E-state index in [1.165, 1.54) is 38.6 Å². The third-order valence-corrected chi connectivity index (χ3v) is 6.74. The quantitative estimate of drug-likeness (QED) is 0.762. The van der Waals surface area contributed by atoms with Crippen molar-refractivity contribution in [1.82, 2.24) is 20.0 Å². The van der Waals surface area contributed by atoms with Crippen molar-refractivity contribution < 1.29 is 9.59 Å². The molecule has 1 N–H and O–H groups in total. The van der Waals surface area contributed by atoms with Crippen molar-refractivity contribution in [2.75, 3.05) is 58.9 Å². The Hall–Kier alpha value is -1.14. The van der Waals surface area contributed by atoms with E-state index in [9.17, 15) is 9.59 Å². The molecule has 3 aliphatic rings. The van der Waals surface area contributed by atoms with E-state index in [-0.39, 0.29) is 17.7 Å². The molecule has 0 aromatic rings. The highest BCUT2D eigenvalue weighted by Crippen LogP contribution is 2.23. The van der Waals surface area contributed by atoms with Gasteiger partial charge in [-0.3, -0.25) is 14.5 Å². The third-order valence-electron chi connectivity index (χ3n) is 6.74. The average Bonchev–Trinajstić information content (AvgIpc) is 2.70. The van der Waals surface area contributed by atoms with Crippen LogP contribution in [0.25, 0.3) is 0 Å². The summed E-state index contributed by atoms with van der Waals surface area (Å²) in [6, 6.07) is 0. The fourth-order valence-electron chi connectivity index (χ4n) is 4.85. The first-order valence-electron chi connectivity index (χ1n) is 11.1. The summed E-state index contributed by atoms with van der Waals surface area (Å²) < 4.78 is 0. The first kappa shape index (κ1) is 20.6. The minimum absolute atomic E-state index is 0.207. The Bertz CT molecular complexity index is 477. The zero-order valence-electron chi connectivity index (χ0n) is 17.1. The van der Waals surface area contributed by atoms with Crippen molar-refractivity contribution in [1.29, 1.82) is 0 Å². The molecule has 154 valence electrons. The van der Waals surface area contributed by atoms with Crippen LogP contribution < -0.4 is 5.32 Å². The van der Waals surface area contributed by atoms with Crippen LogP contribution in [0.3, 0.4) is 0 Å². The van der Waals surface area contributed by atoms with Gasteiger partial charge in [-0.2, -0.15) is 0 Å². The molecule has 0 aromatic carbocycles. The van der Waals surface area contributed by atoms with Gasteiger partial charge in [0.2, 0.25) is 11.8 Å². The van der Waals surface area contributed by atoms with Gasteiger partial charge in [-0.15, -0.1) is 0 Å². The number of piperazine rings is 1. The lowest BCUT2D eigenvalue weighted by molar-refractivity contribution is -0.130. The van der Waals surface area contributed by atoms with Crippen LogP contribution in [0.2, 0.25) is 0 Å². The van der Waals surface area contributed by atoms with E-state index < -0.39 is 0 Å². The van der Waals surface area contributed by atoms with Crippen LogP contribution in [0, 0.1) is 11.8 Å². The van der Waals surface area contributed by atoms with Crippen molar-refractivity contribution >= 4 is 11.8 Å². The van der Waals surface area contributed by atoms with Crippen molar-refractivity contribution in [2.24, 2.45) is 11.8 Å². The maximum absolute atomic E-state index is 12.2. The number of hydrogen-bond donors (Lipinski definition) is 1. The van der Waals surface area contributed by atoms with Gasteiger partial charge in [0.25, 0.3) is 0 Å². The van der Waals surface area contributed by atoms with E-state index in [1.54, 1.807) is 6.92 Å². The maximum Gasteiger partial charge on any atom is 0.223 e. The van der Waals surface area contributed by atoms with Crippen molar-refractivity contribution in [3.05, 3.63) is 0 Å². The lowest BCUT2D eigenvalue weighted by Crippen LogP contribution is -2.50. The number of piperidine rings is 1. The number of nitrogens with zero attached hydrogens (tertiary/aromatic N) is 3. The highest BCUT2D eigenvalue weighted by molar-refractivity contribution is 5.78. The van der Waals surface area contributed by atoms with Crippen LogP contribution in [0.5, 0.6) is 0 Å². The number of carbonyl (C=O) groups excluding carboxylic acids is 2. The van der Waals surface area contributed by atoms with Crippen LogP contribution >= 0.6 is 0 Å². The summed E-state index contributed by atoms with van der Waals surface area (Å²) in [5.41, 5.74) is 0. The summed E-state index contributed by atoms with van der Waals surface area (Å²) in [5, 5.41) is 3.17. The van der Waals surface area contributed by atoms with Gasteiger partial charge in [0.15, 0.2) is 0 Å². The zero-order valence-corrected chi connectivity index (χ0v) is 17.1. The van der Waals surface area contributed by atoms with E-state index in [2.05, 4.69) is 15.1 Å². The highest BCUT2D eigenvalue weighted by atomic mass is 16.2. The molecule has 27 heavy (non-hydrogen) atoms. The Kier molecular flexibility index (Phi) is 7.94. The van der Waals surface area contributed by atoms with E-state index >= 15 is 0 Å². The smallest absolute Gasteiger partial charge is 0.223 e. The number of carbonyl (C=O) groups is 2. The molecular weight excluding hydrogens is 340 g/mol. The van der Waals surface area contributed by atoms with Crippen LogP contribution in [0.1, 0.15) is 51.9 Å². The number of hydrogen-bond acceptors (Lipinski definition) is 4. The van der Waals surface area contributed by atoms with Crippen LogP contribution in [-0.4, -0.2) is 85.4 Å². The van der Waals surface area contributed by atoms with Crippen molar-refractivity contribution in [2.45, 2.75) is 51.9 Å². The second-order valence-corrected chi connectivity index (χ2v) is 8.72. The predicted molar refractivity (Wildman–Crippen MR) is 107 cm³/mol. The fraction of sp³-hybridized carbons (Fsp3) is 0.905. The molecule has 2 heterocycles. The summed E-state index contributed by atoms with van der Waals surface area (Å²) in [5.74, 6) is 1.54. The molecule has 6 nitrogen and oxygen atoms in total. The van der Waals surface area contributed by atoms with Gasteiger partial charge in [-0.25, -0.2) is 0 Å². The normalized spacial score (nSPS) is 24.1. The highest BCUT2D eigenvalue weighted by Gasteiger charge is 2.25. The van der Waals surface area contributed by atoms with Gasteiger partial charge in [0.05, 0.1) is 0 Å². The second kappa shape index (κ2) is 10.4. The Morgan fingerprint density at radius 2 is 1.52 bits per heavy atom. The third kappa shape index (κ3) is 6.46. The minimum atomic E-state index is 0.207. The Morgan fingerprint density at radius 3 is 2.15 bits per heavy atom. The SMILES string of the molecule is CC(=O)N1CCN(CC2CCN(CCNC(=O)C3CCCCC3)CC2)CC1. The van der Waals surface area contributed by atoms with Crippen LogP contribution in [-0.2, 0) is 9.59 Å². The topological polar surface area (TPSA) is 55.9 Å². The molecule has 0 bridgehead atoms. The predicted octanol–water partition coefficient (Wildman–Crippen LogP) is 1.56. The molecule has 0 spiro atoms. The molecule has 3 rings (SSSR count). The molecule has 1 saturated carbocycles. The maximum atomic E-state index is 12.2. The number of likely N-dealkylation sites (tertiary alicyclic amines) is 1. The van der Waals surface area contributed by atoms with Crippen molar-refractivity contribution in [3.63, 3.8) is 0 Å². The summed E-state index contributed by atoms with van der Waals surface area (Å²) in [6.07, 6.45) is 8.40. The first-order valence-corrected chi connectivity index (χ1v) is 11.1. The van der Waals surface area contributed by atoms with Gasteiger partial charge in [-0.05, 0) is 44.7 Å². The fourth-order valence-corrected chi connectivity index (χ4v) is 4.85. The Morgan fingerprint density at radius 1 is 0.852 bits per heavy atom. The summed E-state index contributed by atoms with van der Waals surface area (Å²) in [4.78, 5) is 30.6. The Labute approximate surface area is 164 Å². The van der Waals surface area contributed by atoms with Crippen LogP contribution in [0.4, 0.5) is 0 Å². The molecule has 3 fully saturated rings. The number of amides is 2. The van der Waals surface area contributed by atoms with E-state index in [0.717, 1.165) is 71.1 Å². The lowest BCUT2D eigenvalue weighted by Gasteiger charge is -2.38. The summed E-state index contributed by atoms with van der Waals surface area (Å²) in [6.45, 7) is 10.7. The standard InChI is InChI=1S/C21H38N4O2/c1-18(26)25-15-13-24(14-16-25)17-19-7-10-23(11-8-19)12-9-22-21(27)20-5-3-2-4-6-20/h19-20H,2-17H2,1H3,(H,22,27). The first-order chi connectivity index (χ1) is 13.1. The molecule has 0 radical (unpaired) electrons. The molecule has 2 amide bonds. The second-order valence-electron chi connectivity index (χ2n) is 8.72. The monoisotopic (exact) mass is 378 g/mol. The minimum Gasteiger partial charge on any atom is -0.355 e. The number of rotatable bonds is 6. The summed E-state index contributed by atoms with van der Waals surface area (Å²) >= 11 is 0. The Balaban J connectivity index is 1.26. The average molecular weight is 379 g/mol. The molecule has 2 saturated heterocycles. The van der Waals surface area contributed by atoms with Crippen LogP contribution in [0.15, 0.2) is 0 Å². The molecule has 1 aliphatic carbocycles.